The maximum absolute atomic E-state index is 12.4. The second-order valence-electron chi connectivity index (χ2n) is 6.82. The fourth-order valence-electron chi connectivity index (χ4n) is 2.99. The van der Waals surface area contributed by atoms with Crippen molar-refractivity contribution in [1.29, 1.82) is 0 Å². The van der Waals surface area contributed by atoms with Gasteiger partial charge in [-0.05, 0) is 66.7 Å². The summed E-state index contributed by atoms with van der Waals surface area (Å²) in [5.41, 5.74) is 2.27. The van der Waals surface area contributed by atoms with Gasteiger partial charge in [0.1, 0.15) is 17.8 Å². The Morgan fingerprint density at radius 1 is 0.970 bits per heavy atom. The molecule has 7 nitrogen and oxygen atoms in total. The van der Waals surface area contributed by atoms with Gasteiger partial charge in [-0.3, -0.25) is 4.79 Å². The van der Waals surface area contributed by atoms with Crippen LogP contribution in [0.1, 0.15) is 10.4 Å². The Morgan fingerprint density at radius 3 is 2.36 bits per heavy atom. The number of methoxy groups -OCH3 is 1. The molecule has 33 heavy (non-hydrogen) atoms. The van der Waals surface area contributed by atoms with E-state index in [1.54, 1.807) is 48.5 Å². The van der Waals surface area contributed by atoms with Crippen molar-refractivity contribution in [2.75, 3.05) is 12.4 Å². The molecule has 4 rings (SSSR count). The van der Waals surface area contributed by atoms with Gasteiger partial charge >= 0.3 is 6.36 Å². The molecule has 0 aliphatic carbocycles. The van der Waals surface area contributed by atoms with Crippen LogP contribution >= 0.6 is 0 Å². The summed E-state index contributed by atoms with van der Waals surface area (Å²) in [6, 6.07) is 19.0. The van der Waals surface area contributed by atoms with Crippen LogP contribution in [-0.2, 0) is 0 Å². The molecule has 1 N–H and O–H groups in total. The third kappa shape index (κ3) is 5.48. The van der Waals surface area contributed by atoms with Crippen LogP contribution in [0.5, 0.6) is 11.5 Å². The number of ether oxygens (including phenoxy) is 2. The molecule has 0 fully saturated rings. The van der Waals surface area contributed by atoms with Gasteiger partial charge in [0.2, 0.25) is 0 Å². The highest BCUT2D eigenvalue weighted by Crippen LogP contribution is 2.24. The van der Waals surface area contributed by atoms with Crippen molar-refractivity contribution < 1.29 is 27.4 Å². The van der Waals surface area contributed by atoms with Gasteiger partial charge in [0.25, 0.3) is 5.91 Å². The molecule has 10 heteroatoms. The highest BCUT2D eigenvalue weighted by Gasteiger charge is 2.31. The molecule has 0 atom stereocenters. The van der Waals surface area contributed by atoms with Gasteiger partial charge in [-0.2, -0.15) is 0 Å². The molecule has 0 radical (unpaired) electrons. The third-order valence-corrected chi connectivity index (χ3v) is 4.56. The van der Waals surface area contributed by atoms with Crippen LogP contribution in [0.4, 0.5) is 18.9 Å². The largest absolute Gasteiger partial charge is 0.573 e. The van der Waals surface area contributed by atoms with Gasteiger partial charge in [0, 0.05) is 16.8 Å². The molecule has 0 aliphatic heterocycles. The second kappa shape index (κ2) is 9.03. The summed E-state index contributed by atoms with van der Waals surface area (Å²) in [7, 11) is 1.53. The van der Waals surface area contributed by atoms with E-state index in [9.17, 15) is 18.0 Å². The number of carbonyl (C=O) groups excluding carboxylic acids is 1. The first-order valence-corrected chi connectivity index (χ1v) is 9.64. The molecule has 0 unspecified atom stereocenters. The number of aromatic nitrogens is 3. The minimum absolute atomic E-state index is 0.276. The molecule has 4 aromatic rings. The number of hydrogen-bond acceptors (Lipinski definition) is 5. The zero-order valence-corrected chi connectivity index (χ0v) is 17.2. The smallest absolute Gasteiger partial charge is 0.497 e. The zero-order chi connectivity index (χ0) is 23.4. The van der Waals surface area contributed by atoms with E-state index in [0.717, 1.165) is 0 Å². The van der Waals surface area contributed by atoms with E-state index in [2.05, 4.69) is 20.1 Å². The van der Waals surface area contributed by atoms with Crippen LogP contribution in [0, 0.1) is 0 Å². The van der Waals surface area contributed by atoms with Crippen LogP contribution in [0.3, 0.4) is 0 Å². The average molecular weight is 454 g/mol. The molecular weight excluding hydrogens is 437 g/mol. The maximum atomic E-state index is 12.4. The van der Waals surface area contributed by atoms with Crippen molar-refractivity contribution >= 4 is 11.6 Å². The molecule has 0 spiro atoms. The van der Waals surface area contributed by atoms with E-state index in [1.807, 2.05) is 0 Å². The number of rotatable bonds is 6. The first kappa shape index (κ1) is 21.9. The lowest BCUT2D eigenvalue weighted by atomic mass is 10.1. The van der Waals surface area contributed by atoms with Gasteiger partial charge in [-0.1, -0.05) is 6.07 Å². The van der Waals surface area contributed by atoms with Crippen molar-refractivity contribution in [2.45, 2.75) is 6.36 Å². The van der Waals surface area contributed by atoms with E-state index in [1.165, 1.54) is 42.4 Å². The zero-order valence-electron chi connectivity index (χ0n) is 17.2. The number of nitrogens with zero attached hydrogens (tertiary/aromatic N) is 3. The Labute approximate surface area is 186 Å². The average Bonchev–Trinajstić information content (AvgIpc) is 3.29. The fraction of sp³-hybridized carbons (Fsp3) is 0.0870. The summed E-state index contributed by atoms with van der Waals surface area (Å²) in [4.78, 5) is 16.7. The fourth-order valence-corrected chi connectivity index (χ4v) is 2.99. The van der Waals surface area contributed by atoms with Gasteiger partial charge in [0.05, 0.1) is 12.8 Å². The van der Waals surface area contributed by atoms with Gasteiger partial charge < -0.3 is 14.8 Å². The minimum atomic E-state index is -4.75. The van der Waals surface area contributed by atoms with Crippen LogP contribution in [-0.4, -0.2) is 34.1 Å². The molecule has 1 amide bonds. The lowest BCUT2D eigenvalue weighted by Gasteiger charge is -2.09. The van der Waals surface area contributed by atoms with Crippen LogP contribution in [0.25, 0.3) is 17.1 Å². The third-order valence-electron chi connectivity index (χ3n) is 4.56. The summed E-state index contributed by atoms with van der Waals surface area (Å²) in [6.07, 6.45) is -3.30. The lowest BCUT2D eigenvalue weighted by molar-refractivity contribution is -0.274. The van der Waals surface area contributed by atoms with Gasteiger partial charge in [-0.15, -0.1) is 18.3 Å². The van der Waals surface area contributed by atoms with Crippen molar-refractivity contribution in [1.82, 2.24) is 14.8 Å². The topological polar surface area (TPSA) is 78.3 Å². The van der Waals surface area contributed by atoms with Crippen molar-refractivity contribution in [2.24, 2.45) is 0 Å². The van der Waals surface area contributed by atoms with Crippen LogP contribution in [0.2, 0.25) is 0 Å². The SMILES string of the molecule is COc1cccc(C(=O)Nc2ccc(-c3ncn(-c4ccc(OC(F)(F)F)cc4)n3)cc2)c1. The number of alkyl halides is 3. The molecule has 0 aliphatic rings. The van der Waals surface area contributed by atoms with E-state index < -0.39 is 6.36 Å². The van der Waals surface area contributed by atoms with Crippen LogP contribution in [0.15, 0.2) is 79.1 Å². The lowest BCUT2D eigenvalue weighted by Crippen LogP contribution is -2.17. The molecule has 0 bridgehead atoms. The molecule has 0 saturated heterocycles. The number of anilines is 1. The maximum Gasteiger partial charge on any atom is 0.573 e. The van der Waals surface area contributed by atoms with Crippen molar-refractivity contribution in [3.8, 4) is 28.6 Å². The van der Waals surface area contributed by atoms with Crippen molar-refractivity contribution in [3.05, 3.63) is 84.7 Å². The Hall–Kier alpha value is -4.34. The summed E-state index contributed by atoms with van der Waals surface area (Å²) in [5, 5.41) is 7.16. The quantitative estimate of drug-likeness (QED) is 0.439. The van der Waals surface area contributed by atoms with Gasteiger partial charge in [-0.25, -0.2) is 9.67 Å². The predicted octanol–water partition coefficient (Wildman–Crippen LogP) is 5.09. The molecule has 168 valence electrons. The van der Waals surface area contributed by atoms with Crippen LogP contribution < -0.4 is 14.8 Å². The number of hydrogen-bond donors (Lipinski definition) is 1. The molecular formula is C23H17F3N4O3. The first-order valence-electron chi connectivity index (χ1n) is 9.64. The first-order chi connectivity index (χ1) is 15.8. The summed E-state index contributed by atoms with van der Waals surface area (Å²) in [5.74, 6) is 0.402. The number of nitrogens with one attached hydrogen (secondary N) is 1. The standard InChI is InChI=1S/C23H17F3N4O3/c1-32-20-4-2-3-16(13-20)22(31)28-17-7-5-15(6-8-17)21-27-14-30(29-21)18-9-11-19(12-10-18)33-23(24,25)26/h2-14H,1H3,(H,28,31). The second-order valence-corrected chi connectivity index (χ2v) is 6.82. The predicted molar refractivity (Wildman–Crippen MR) is 114 cm³/mol. The van der Waals surface area contributed by atoms with E-state index in [4.69, 9.17) is 4.74 Å². The minimum Gasteiger partial charge on any atom is -0.497 e. The summed E-state index contributed by atoms with van der Waals surface area (Å²) < 4.78 is 47.3. The van der Waals surface area contributed by atoms with E-state index in [0.29, 0.717) is 34.1 Å². The Bertz CT molecular complexity index is 1250. The molecule has 3 aromatic carbocycles. The number of halogens is 3. The Morgan fingerprint density at radius 2 is 1.70 bits per heavy atom. The number of benzene rings is 3. The molecule has 0 saturated carbocycles. The number of carbonyl (C=O) groups is 1. The highest BCUT2D eigenvalue weighted by atomic mass is 19.4. The van der Waals surface area contributed by atoms with Gasteiger partial charge in [0.15, 0.2) is 5.82 Å². The monoisotopic (exact) mass is 454 g/mol. The summed E-state index contributed by atoms with van der Waals surface area (Å²) >= 11 is 0. The molecule has 1 heterocycles. The normalized spacial score (nSPS) is 11.2. The number of amides is 1. The Balaban J connectivity index is 1.44. The van der Waals surface area contributed by atoms with E-state index >= 15 is 0 Å². The van der Waals surface area contributed by atoms with Crippen molar-refractivity contribution in [3.63, 3.8) is 0 Å². The molecule has 1 aromatic heterocycles. The van der Waals surface area contributed by atoms with E-state index in [-0.39, 0.29) is 11.7 Å². The summed E-state index contributed by atoms with van der Waals surface area (Å²) in [6.45, 7) is 0. The Kier molecular flexibility index (Phi) is 5.99. The highest BCUT2D eigenvalue weighted by molar-refractivity contribution is 6.04.